The molecule has 1 saturated carbocycles. The van der Waals surface area contributed by atoms with Crippen LogP contribution in [0.5, 0.6) is 5.75 Å². The number of nitrogens with two attached hydrogens (primary N) is 1. The third-order valence-electron chi connectivity index (χ3n) is 6.84. The van der Waals surface area contributed by atoms with Gasteiger partial charge in [-0.1, -0.05) is 24.8 Å². The number of ether oxygens (including phenoxy) is 2. The molecule has 1 aromatic carbocycles. The van der Waals surface area contributed by atoms with E-state index in [-0.39, 0.29) is 23.4 Å². The number of aliphatic hydroxyl groups excluding tert-OH is 1. The predicted molar refractivity (Wildman–Crippen MR) is 155 cm³/mol. The van der Waals surface area contributed by atoms with Crippen LogP contribution in [-0.2, 0) is 23.4 Å². The summed E-state index contributed by atoms with van der Waals surface area (Å²) in [5.41, 5.74) is 3.91. The maximum Gasteiger partial charge on any atom is 0.459 e. The number of nitrogens with one attached hydrogen (secondary N) is 2. The van der Waals surface area contributed by atoms with Crippen molar-refractivity contribution in [3.8, 4) is 5.75 Å². The van der Waals surface area contributed by atoms with Crippen LogP contribution in [0.2, 0.25) is 0 Å². The molecule has 3 aromatic rings. The van der Waals surface area contributed by atoms with Gasteiger partial charge in [-0.25, -0.2) is 13.9 Å². The first-order valence-electron chi connectivity index (χ1n) is 13.8. The van der Waals surface area contributed by atoms with Crippen LogP contribution in [-0.4, -0.2) is 73.3 Å². The molecule has 0 bridgehead atoms. The number of alkyl halides is 1. The summed E-state index contributed by atoms with van der Waals surface area (Å²) >= 11 is 0. The summed E-state index contributed by atoms with van der Waals surface area (Å²) in [5.74, 6) is -0.169. The monoisotopic (exact) mass is 619 g/mol. The fourth-order valence-electron chi connectivity index (χ4n) is 4.54. The van der Waals surface area contributed by atoms with Gasteiger partial charge in [-0.05, 0) is 51.8 Å². The average Bonchev–Trinajstić information content (AvgIpc) is 3.62. The first-order valence-corrected chi connectivity index (χ1v) is 15.4. The number of imidazole rings is 1. The van der Waals surface area contributed by atoms with Gasteiger partial charge in [0.1, 0.15) is 24.0 Å². The van der Waals surface area contributed by atoms with Gasteiger partial charge in [0.2, 0.25) is 11.6 Å². The number of nitrogen functional groups attached to an aromatic ring is 1. The Kier molecular flexibility index (Phi) is 8.72. The second-order valence-electron chi connectivity index (χ2n) is 10.7. The van der Waals surface area contributed by atoms with Crippen LogP contribution in [0.4, 0.5) is 16.2 Å². The molecule has 232 valence electrons. The Morgan fingerprint density at radius 3 is 2.70 bits per heavy atom. The van der Waals surface area contributed by atoms with Crippen molar-refractivity contribution in [3.05, 3.63) is 49.3 Å². The van der Waals surface area contributed by atoms with Crippen LogP contribution >= 0.6 is 7.75 Å². The zero-order valence-electron chi connectivity index (χ0n) is 23.9. The van der Waals surface area contributed by atoms with Crippen LogP contribution in [0.25, 0.3) is 11.2 Å². The van der Waals surface area contributed by atoms with Crippen LogP contribution in [0, 0.1) is 0 Å². The molecule has 3 heterocycles. The first-order chi connectivity index (χ1) is 20.4. The van der Waals surface area contributed by atoms with E-state index in [1.54, 1.807) is 44.2 Å². The maximum atomic E-state index is 16.4. The van der Waals surface area contributed by atoms with E-state index in [9.17, 15) is 14.5 Å². The largest absolute Gasteiger partial charge is 0.462 e. The number of hydrogen-bond acceptors (Lipinski definition) is 12. The van der Waals surface area contributed by atoms with Crippen molar-refractivity contribution in [1.82, 2.24) is 24.6 Å². The molecule has 0 radical (unpaired) electrons. The number of aliphatic hydroxyl groups is 1. The van der Waals surface area contributed by atoms with Crippen LogP contribution in [0.15, 0.2) is 49.3 Å². The second-order valence-corrected chi connectivity index (χ2v) is 12.4. The Hall–Kier alpha value is -3.62. The minimum atomic E-state index is -4.32. The maximum absolute atomic E-state index is 16.4. The van der Waals surface area contributed by atoms with Crippen molar-refractivity contribution in [1.29, 1.82) is 0 Å². The summed E-state index contributed by atoms with van der Waals surface area (Å²) < 4.78 is 54.0. The Morgan fingerprint density at radius 1 is 1.33 bits per heavy atom. The summed E-state index contributed by atoms with van der Waals surface area (Å²) in [4.78, 5) is 25.2. The highest BCUT2D eigenvalue weighted by atomic mass is 31.2. The van der Waals surface area contributed by atoms with Crippen LogP contribution in [0.1, 0.15) is 39.8 Å². The van der Waals surface area contributed by atoms with Crippen molar-refractivity contribution in [2.24, 2.45) is 0 Å². The zero-order valence-corrected chi connectivity index (χ0v) is 24.8. The van der Waals surface area contributed by atoms with E-state index in [0.717, 1.165) is 18.9 Å². The number of aromatic nitrogens is 4. The van der Waals surface area contributed by atoms with Crippen LogP contribution in [0.3, 0.4) is 0 Å². The number of carbonyl (C=O) groups excluding carboxylic acids is 1. The number of anilines is 2. The predicted octanol–water partition coefficient (Wildman–Crippen LogP) is 3.27. The van der Waals surface area contributed by atoms with Crippen molar-refractivity contribution >= 4 is 36.6 Å². The van der Waals surface area contributed by atoms with E-state index >= 15 is 4.39 Å². The molecule has 5 rings (SSSR count). The Balaban J connectivity index is 1.38. The lowest BCUT2D eigenvalue weighted by atomic mass is 9.96. The molecule has 6 atom stereocenters. The zero-order chi connectivity index (χ0) is 30.9. The number of para-hydroxylation sites is 1. The molecule has 43 heavy (non-hydrogen) atoms. The summed E-state index contributed by atoms with van der Waals surface area (Å²) in [6.07, 6.45) is -0.912. The molecule has 1 saturated heterocycles. The molecule has 1 aliphatic carbocycles. The molecular weight excluding hydrogens is 584 g/mol. The van der Waals surface area contributed by atoms with Gasteiger partial charge in [-0.3, -0.25) is 13.9 Å². The number of esters is 1. The van der Waals surface area contributed by atoms with E-state index in [1.807, 2.05) is 0 Å². The lowest BCUT2D eigenvalue weighted by Crippen LogP contribution is -2.42. The molecule has 1 aliphatic heterocycles. The Bertz CT molecular complexity index is 1520. The molecule has 2 fully saturated rings. The lowest BCUT2D eigenvalue weighted by Gasteiger charge is -2.26. The number of benzene rings is 1. The van der Waals surface area contributed by atoms with Crippen molar-refractivity contribution < 1.29 is 37.4 Å². The van der Waals surface area contributed by atoms with Gasteiger partial charge in [0, 0.05) is 6.04 Å². The molecule has 5 N–H and O–H groups in total. The number of fused-ring (bicyclic) bond motifs is 1. The first kappa shape index (κ1) is 30.8. The SMILES string of the molecule is C=C[C@@]1(F)[C@H](O)[C@@H](COP(=O)(N[C@@H](C)C(=O)OC(C)C)Oc2ccccc2)O[C@H]1n1cnc2c(NC3CC3)nc(N)nc21. The van der Waals surface area contributed by atoms with E-state index in [4.69, 9.17) is 24.3 Å². The number of halogens is 1. The van der Waals surface area contributed by atoms with Gasteiger partial charge >= 0.3 is 13.7 Å². The topological polar surface area (TPSA) is 185 Å². The number of nitrogens with zero attached hydrogens (tertiary/aromatic N) is 4. The standard InChI is InChI=1S/C27H35FN7O7P/c1-5-27(28)21(36)19(41-25(27)35-14-30-20-22(31-17-11-12-17)32-26(29)33-23(20)35)13-39-43(38,42-18-9-7-6-8-10-18)34-16(4)24(37)40-15(2)3/h5-10,14-17,19,21,25,36H,1,11-13H2,2-4H3,(H,34,38)(H3,29,31,32,33)/t16-,19+,21+,25+,27+,43?/m0/s1. The normalized spacial score (nSPS) is 25.8. The smallest absolute Gasteiger partial charge is 0.459 e. The number of carbonyl (C=O) groups is 1. The van der Waals surface area contributed by atoms with Gasteiger partial charge in [0.05, 0.1) is 19.0 Å². The van der Waals surface area contributed by atoms with E-state index in [0.29, 0.717) is 11.3 Å². The summed E-state index contributed by atoms with van der Waals surface area (Å²) in [7, 11) is -4.32. The summed E-state index contributed by atoms with van der Waals surface area (Å²) in [5, 5.41) is 16.8. The van der Waals surface area contributed by atoms with Gasteiger partial charge in [0.15, 0.2) is 23.2 Å². The van der Waals surface area contributed by atoms with Crippen LogP contribution < -0.4 is 20.7 Å². The van der Waals surface area contributed by atoms with Crippen molar-refractivity contribution in [2.75, 3.05) is 17.7 Å². The Morgan fingerprint density at radius 2 is 2.05 bits per heavy atom. The third kappa shape index (κ3) is 6.65. The van der Waals surface area contributed by atoms with Gasteiger partial charge in [0.25, 0.3) is 0 Å². The number of hydrogen-bond donors (Lipinski definition) is 4. The molecule has 1 unspecified atom stereocenters. The molecule has 0 amide bonds. The van der Waals surface area contributed by atoms with Gasteiger partial charge in [-0.15, -0.1) is 0 Å². The fraction of sp³-hybridized carbons (Fsp3) is 0.481. The van der Waals surface area contributed by atoms with Crippen molar-refractivity contribution in [2.45, 2.75) is 75.9 Å². The lowest BCUT2D eigenvalue weighted by molar-refractivity contribution is -0.149. The van der Waals surface area contributed by atoms with Crippen molar-refractivity contribution in [3.63, 3.8) is 0 Å². The van der Waals surface area contributed by atoms with E-state index < -0.39 is 56.6 Å². The average molecular weight is 620 g/mol. The molecule has 0 spiro atoms. The highest BCUT2D eigenvalue weighted by molar-refractivity contribution is 7.52. The quantitative estimate of drug-likeness (QED) is 0.124. The highest BCUT2D eigenvalue weighted by Gasteiger charge is 2.57. The number of rotatable bonds is 13. The van der Waals surface area contributed by atoms with Gasteiger partial charge in [-0.2, -0.15) is 15.1 Å². The minimum absolute atomic E-state index is 0.0610. The fourth-order valence-corrected chi connectivity index (χ4v) is 6.04. The summed E-state index contributed by atoms with van der Waals surface area (Å²) in [6, 6.07) is 7.26. The summed E-state index contributed by atoms with van der Waals surface area (Å²) in [6.45, 7) is 7.75. The Labute approximate surface area is 247 Å². The van der Waals surface area contributed by atoms with E-state index in [1.165, 1.54) is 17.8 Å². The van der Waals surface area contributed by atoms with E-state index in [2.05, 4.69) is 31.9 Å². The third-order valence-corrected chi connectivity index (χ3v) is 8.49. The van der Waals surface area contributed by atoms with Gasteiger partial charge < -0.3 is 30.2 Å². The minimum Gasteiger partial charge on any atom is -0.462 e. The molecular formula is C27H35FN7O7P. The second kappa shape index (κ2) is 12.2. The molecule has 14 nitrogen and oxygen atoms in total. The molecule has 16 heteroatoms. The molecule has 2 aliphatic rings. The molecule has 2 aromatic heterocycles. The highest BCUT2D eigenvalue weighted by Crippen LogP contribution is 2.48.